The second-order valence-corrected chi connectivity index (χ2v) is 5.56. The van der Waals surface area contributed by atoms with Crippen LogP contribution in [-0.2, 0) is 18.4 Å². The highest BCUT2D eigenvalue weighted by Crippen LogP contribution is 2.11. The van der Waals surface area contributed by atoms with Crippen molar-refractivity contribution >= 4 is 16.9 Å². The molecule has 8 heteroatoms. The number of aromatic amines is 1. The van der Waals surface area contributed by atoms with E-state index < -0.39 is 6.04 Å². The van der Waals surface area contributed by atoms with Crippen molar-refractivity contribution in [3.63, 3.8) is 0 Å². The molecule has 1 amide bonds. The SMILES string of the molecule is CNC(C(=O)NCCn1c(=O)[nH]c2ccccc21)c1cnn(C)c1. The van der Waals surface area contributed by atoms with Crippen LogP contribution >= 0.6 is 0 Å². The number of amides is 1. The third-order valence-corrected chi connectivity index (χ3v) is 3.93. The number of aryl methyl sites for hydroxylation is 1. The number of hydrogen-bond donors (Lipinski definition) is 3. The van der Waals surface area contributed by atoms with Crippen molar-refractivity contribution < 1.29 is 4.79 Å². The Balaban J connectivity index is 1.66. The van der Waals surface area contributed by atoms with Crippen LogP contribution in [0.1, 0.15) is 11.6 Å². The van der Waals surface area contributed by atoms with Crippen LogP contribution in [0.2, 0.25) is 0 Å². The van der Waals surface area contributed by atoms with E-state index in [4.69, 9.17) is 0 Å². The number of fused-ring (bicyclic) bond motifs is 1. The van der Waals surface area contributed by atoms with Crippen LogP contribution in [0.4, 0.5) is 0 Å². The Morgan fingerprint density at radius 1 is 1.38 bits per heavy atom. The van der Waals surface area contributed by atoms with Gasteiger partial charge in [0, 0.05) is 31.9 Å². The van der Waals surface area contributed by atoms with Gasteiger partial charge in [-0.25, -0.2) is 4.79 Å². The molecular formula is C16H20N6O2. The third kappa shape index (κ3) is 3.09. The van der Waals surface area contributed by atoms with E-state index in [-0.39, 0.29) is 11.6 Å². The molecule has 0 aliphatic heterocycles. The van der Waals surface area contributed by atoms with Gasteiger partial charge in [-0.05, 0) is 19.2 Å². The number of imidazole rings is 1. The zero-order valence-electron chi connectivity index (χ0n) is 13.6. The van der Waals surface area contributed by atoms with Crippen LogP contribution in [0.15, 0.2) is 41.5 Å². The molecule has 0 aliphatic rings. The van der Waals surface area contributed by atoms with Crippen molar-refractivity contribution in [1.82, 2.24) is 30.0 Å². The minimum atomic E-state index is -0.474. The zero-order valence-corrected chi connectivity index (χ0v) is 13.6. The minimum Gasteiger partial charge on any atom is -0.353 e. The molecule has 1 atom stereocenters. The number of nitrogens with one attached hydrogen (secondary N) is 3. The third-order valence-electron chi connectivity index (χ3n) is 3.93. The smallest absolute Gasteiger partial charge is 0.326 e. The van der Waals surface area contributed by atoms with Gasteiger partial charge < -0.3 is 15.6 Å². The van der Waals surface area contributed by atoms with Crippen LogP contribution in [0.3, 0.4) is 0 Å². The molecule has 3 N–H and O–H groups in total. The summed E-state index contributed by atoms with van der Waals surface area (Å²) in [4.78, 5) is 27.2. The molecule has 2 heterocycles. The second-order valence-electron chi connectivity index (χ2n) is 5.56. The highest BCUT2D eigenvalue weighted by molar-refractivity contribution is 5.83. The van der Waals surface area contributed by atoms with E-state index in [1.807, 2.05) is 24.3 Å². The predicted molar refractivity (Wildman–Crippen MR) is 90.6 cm³/mol. The Kier molecular flexibility index (Phi) is 4.48. The summed E-state index contributed by atoms with van der Waals surface area (Å²) < 4.78 is 3.27. The van der Waals surface area contributed by atoms with Crippen LogP contribution in [0.25, 0.3) is 11.0 Å². The largest absolute Gasteiger partial charge is 0.353 e. The molecule has 0 fully saturated rings. The first-order chi connectivity index (χ1) is 11.6. The number of carbonyl (C=O) groups excluding carboxylic acids is 1. The maximum atomic E-state index is 12.4. The van der Waals surface area contributed by atoms with Crippen LogP contribution in [-0.4, -0.2) is 38.8 Å². The van der Waals surface area contributed by atoms with Crippen LogP contribution < -0.4 is 16.3 Å². The first-order valence-corrected chi connectivity index (χ1v) is 7.71. The van der Waals surface area contributed by atoms with Gasteiger partial charge in [-0.15, -0.1) is 0 Å². The molecule has 3 aromatic rings. The highest BCUT2D eigenvalue weighted by Gasteiger charge is 2.19. The van der Waals surface area contributed by atoms with Crippen molar-refractivity contribution in [3.05, 3.63) is 52.7 Å². The lowest BCUT2D eigenvalue weighted by molar-refractivity contribution is -0.123. The van der Waals surface area contributed by atoms with Gasteiger partial charge >= 0.3 is 5.69 Å². The zero-order chi connectivity index (χ0) is 17.1. The molecule has 0 radical (unpaired) electrons. The van der Waals surface area contributed by atoms with Gasteiger partial charge in [-0.1, -0.05) is 12.1 Å². The summed E-state index contributed by atoms with van der Waals surface area (Å²) in [6.45, 7) is 0.761. The Labute approximate surface area is 138 Å². The standard InChI is InChI=1S/C16H20N6O2/c1-17-14(11-9-19-21(2)10-11)15(23)18-7-8-22-13-6-4-3-5-12(13)20-16(22)24/h3-6,9-10,14,17H,7-8H2,1-2H3,(H,18,23)(H,20,24). The first-order valence-electron chi connectivity index (χ1n) is 7.71. The van der Waals surface area contributed by atoms with E-state index in [0.717, 1.165) is 16.6 Å². The molecule has 24 heavy (non-hydrogen) atoms. The van der Waals surface area contributed by atoms with Crippen molar-refractivity contribution in [2.75, 3.05) is 13.6 Å². The van der Waals surface area contributed by atoms with Crippen LogP contribution in [0.5, 0.6) is 0 Å². The van der Waals surface area contributed by atoms with E-state index in [0.29, 0.717) is 13.1 Å². The molecule has 0 bridgehead atoms. The number of carbonyl (C=O) groups is 1. The summed E-state index contributed by atoms with van der Waals surface area (Å²) in [5, 5.41) is 9.92. The highest BCUT2D eigenvalue weighted by atomic mass is 16.2. The summed E-state index contributed by atoms with van der Waals surface area (Å²) in [5.74, 6) is -0.154. The van der Waals surface area contributed by atoms with Crippen molar-refractivity contribution in [2.24, 2.45) is 7.05 Å². The van der Waals surface area contributed by atoms with Gasteiger partial charge in [-0.2, -0.15) is 5.10 Å². The van der Waals surface area contributed by atoms with Gasteiger partial charge in [0.2, 0.25) is 5.91 Å². The Morgan fingerprint density at radius 2 is 2.17 bits per heavy atom. The van der Waals surface area contributed by atoms with Crippen molar-refractivity contribution in [3.8, 4) is 0 Å². The number of benzene rings is 1. The van der Waals surface area contributed by atoms with E-state index in [9.17, 15) is 9.59 Å². The van der Waals surface area contributed by atoms with Gasteiger partial charge in [0.25, 0.3) is 0 Å². The lowest BCUT2D eigenvalue weighted by atomic mass is 10.1. The number of rotatable bonds is 6. The quantitative estimate of drug-likeness (QED) is 0.600. The normalized spacial score (nSPS) is 12.4. The molecule has 0 saturated heterocycles. The number of para-hydroxylation sites is 2. The van der Waals surface area contributed by atoms with E-state index in [2.05, 4.69) is 20.7 Å². The predicted octanol–water partition coefficient (Wildman–Crippen LogP) is 0.140. The lowest BCUT2D eigenvalue weighted by Crippen LogP contribution is -2.38. The molecule has 0 spiro atoms. The molecule has 126 valence electrons. The Bertz CT molecular complexity index is 907. The van der Waals surface area contributed by atoms with Crippen molar-refractivity contribution in [2.45, 2.75) is 12.6 Å². The average molecular weight is 328 g/mol. The molecule has 0 saturated carbocycles. The molecule has 0 aliphatic carbocycles. The second kappa shape index (κ2) is 6.71. The fourth-order valence-electron chi connectivity index (χ4n) is 2.76. The van der Waals surface area contributed by atoms with Crippen molar-refractivity contribution in [1.29, 1.82) is 0 Å². The van der Waals surface area contributed by atoms with Gasteiger partial charge in [0.1, 0.15) is 6.04 Å². The average Bonchev–Trinajstić information content (AvgIpc) is 3.12. The fraction of sp³-hybridized carbons (Fsp3) is 0.312. The van der Waals surface area contributed by atoms with Crippen LogP contribution in [0, 0.1) is 0 Å². The lowest BCUT2D eigenvalue weighted by Gasteiger charge is -2.14. The number of H-pyrrole nitrogens is 1. The fourth-order valence-corrected chi connectivity index (χ4v) is 2.76. The monoisotopic (exact) mass is 328 g/mol. The van der Waals surface area contributed by atoms with Gasteiger partial charge in [0.05, 0.1) is 17.2 Å². The molecular weight excluding hydrogens is 308 g/mol. The Hall–Kier alpha value is -2.87. The summed E-state index contributed by atoms with van der Waals surface area (Å²) in [6, 6.07) is 7.00. The summed E-state index contributed by atoms with van der Waals surface area (Å²) in [7, 11) is 3.53. The molecule has 1 unspecified atom stereocenters. The summed E-state index contributed by atoms with van der Waals surface area (Å²) in [6.07, 6.45) is 3.45. The number of aromatic nitrogens is 4. The maximum absolute atomic E-state index is 12.4. The summed E-state index contributed by atoms with van der Waals surface area (Å²) in [5.41, 5.74) is 2.23. The summed E-state index contributed by atoms with van der Waals surface area (Å²) >= 11 is 0. The number of hydrogen-bond acceptors (Lipinski definition) is 4. The topological polar surface area (TPSA) is 96.7 Å². The van der Waals surface area contributed by atoms with E-state index >= 15 is 0 Å². The molecule has 1 aromatic carbocycles. The minimum absolute atomic E-state index is 0.154. The first kappa shape index (κ1) is 16.0. The van der Waals surface area contributed by atoms with Gasteiger partial charge in [0.15, 0.2) is 0 Å². The van der Waals surface area contributed by atoms with Gasteiger partial charge in [-0.3, -0.25) is 14.0 Å². The molecule has 2 aromatic heterocycles. The van der Waals surface area contributed by atoms with E-state index in [1.165, 1.54) is 0 Å². The number of likely N-dealkylation sites (N-methyl/N-ethyl adjacent to an activating group) is 1. The molecule has 3 rings (SSSR count). The molecule has 8 nitrogen and oxygen atoms in total. The Morgan fingerprint density at radius 3 is 2.88 bits per heavy atom. The number of nitrogens with zero attached hydrogens (tertiary/aromatic N) is 3. The van der Waals surface area contributed by atoms with E-state index in [1.54, 1.807) is 35.7 Å². The maximum Gasteiger partial charge on any atom is 0.326 e.